The van der Waals surface area contributed by atoms with E-state index in [2.05, 4.69) is 37.0 Å². The van der Waals surface area contributed by atoms with Crippen molar-refractivity contribution in [1.29, 1.82) is 0 Å². The number of nitrogen functional groups attached to an aromatic ring is 1. The molecule has 0 aromatic carbocycles. The van der Waals surface area contributed by atoms with E-state index in [1.54, 1.807) is 11.8 Å². The van der Waals surface area contributed by atoms with Gasteiger partial charge in [-0.1, -0.05) is 37.1 Å². The molecule has 4 atom stereocenters. The van der Waals surface area contributed by atoms with Crippen LogP contribution in [0.1, 0.15) is 57.9 Å². The summed E-state index contributed by atoms with van der Waals surface area (Å²) in [5.74, 6) is 1.62. The SMILES string of the molecule is CC12CCC3C(CCC4=CC(=O)CCC43C)C1=CC=C2c1cncc(N)c1. The van der Waals surface area contributed by atoms with Crippen LogP contribution in [0, 0.1) is 22.7 Å². The molecule has 3 heteroatoms. The minimum absolute atomic E-state index is 0.0959. The van der Waals surface area contributed by atoms with Crippen LogP contribution in [-0.4, -0.2) is 10.8 Å². The number of hydrogen-bond acceptors (Lipinski definition) is 3. The summed E-state index contributed by atoms with van der Waals surface area (Å²) in [7, 11) is 0. The Morgan fingerprint density at radius 3 is 2.78 bits per heavy atom. The first-order valence-corrected chi connectivity index (χ1v) is 10.3. The van der Waals surface area contributed by atoms with Gasteiger partial charge in [-0.05, 0) is 72.6 Å². The topological polar surface area (TPSA) is 56.0 Å². The van der Waals surface area contributed by atoms with Gasteiger partial charge in [0.25, 0.3) is 0 Å². The highest BCUT2D eigenvalue weighted by Crippen LogP contribution is 2.65. The molecule has 0 radical (unpaired) electrons. The summed E-state index contributed by atoms with van der Waals surface area (Å²) in [4.78, 5) is 16.3. The van der Waals surface area contributed by atoms with Gasteiger partial charge in [0.15, 0.2) is 5.78 Å². The lowest BCUT2D eigenvalue weighted by Crippen LogP contribution is -2.47. The zero-order valence-corrected chi connectivity index (χ0v) is 16.3. The zero-order chi connectivity index (χ0) is 18.8. The number of anilines is 1. The second-order valence-corrected chi connectivity index (χ2v) is 9.39. The van der Waals surface area contributed by atoms with E-state index in [9.17, 15) is 4.79 Å². The van der Waals surface area contributed by atoms with Gasteiger partial charge in [0.05, 0.1) is 5.69 Å². The van der Waals surface area contributed by atoms with Crippen LogP contribution in [0.3, 0.4) is 0 Å². The predicted octanol–water partition coefficient (Wildman–Crippen LogP) is 5.11. The quantitative estimate of drug-likeness (QED) is 0.757. The van der Waals surface area contributed by atoms with Crippen LogP contribution < -0.4 is 5.73 Å². The molecule has 27 heavy (non-hydrogen) atoms. The Hall–Kier alpha value is -2.16. The third-order valence-corrected chi connectivity index (χ3v) is 8.07. The first kappa shape index (κ1) is 17.0. The van der Waals surface area contributed by atoms with E-state index in [0.29, 0.717) is 17.6 Å². The molecule has 3 nitrogen and oxygen atoms in total. The number of carbonyl (C=O) groups excluding carboxylic acids is 1. The lowest BCUT2D eigenvalue weighted by Gasteiger charge is -2.56. The highest BCUT2D eigenvalue weighted by Gasteiger charge is 2.54. The molecule has 1 heterocycles. The Morgan fingerprint density at radius 2 is 1.96 bits per heavy atom. The maximum absolute atomic E-state index is 12.0. The van der Waals surface area contributed by atoms with E-state index in [0.717, 1.165) is 36.9 Å². The number of nitrogens with zero attached hydrogens (tertiary/aromatic N) is 1. The molecular formula is C24H28N2O. The van der Waals surface area contributed by atoms with Crippen molar-refractivity contribution in [1.82, 2.24) is 4.98 Å². The smallest absolute Gasteiger partial charge is 0.155 e. The first-order valence-electron chi connectivity index (χ1n) is 10.3. The molecule has 5 rings (SSSR count). The van der Waals surface area contributed by atoms with Crippen LogP contribution in [0.15, 0.2) is 47.8 Å². The van der Waals surface area contributed by atoms with E-state index in [1.165, 1.54) is 24.0 Å². The van der Waals surface area contributed by atoms with Gasteiger partial charge < -0.3 is 5.73 Å². The predicted molar refractivity (Wildman–Crippen MR) is 109 cm³/mol. The summed E-state index contributed by atoms with van der Waals surface area (Å²) >= 11 is 0. The molecule has 0 saturated heterocycles. The highest BCUT2D eigenvalue weighted by molar-refractivity contribution is 5.91. The number of fused-ring (bicyclic) bond motifs is 5. The molecular weight excluding hydrogens is 332 g/mol. The third-order valence-electron chi connectivity index (χ3n) is 8.07. The number of nitrogens with two attached hydrogens (primary N) is 1. The molecule has 0 bridgehead atoms. The summed E-state index contributed by atoms with van der Waals surface area (Å²) in [5, 5.41) is 0. The van der Waals surface area contributed by atoms with Crippen molar-refractivity contribution in [3.8, 4) is 0 Å². The van der Waals surface area contributed by atoms with Crippen LogP contribution >= 0.6 is 0 Å². The van der Waals surface area contributed by atoms with Gasteiger partial charge in [-0.2, -0.15) is 0 Å². The average Bonchev–Trinajstić information content (AvgIpc) is 2.99. The summed E-state index contributed by atoms with van der Waals surface area (Å²) in [6.07, 6.45) is 16.7. The van der Waals surface area contributed by atoms with Gasteiger partial charge in [0.1, 0.15) is 0 Å². The maximum Gasteiger partial charge on any atom is 0.155 e. The molecule has 4 aliphatic rings. The van der Waals surface area contributed by atoms with E-state index < -0.39 is 0 Å². The van der Waals surface area contributed by atoms with Crippen LogP contribution in [0.2, 0.25) is 0 Å². The molecule has 1 aromatic heterocycles. The summed E-state index contributed by atoms with van der Waals surface area (Å²) < 4.78 is 0. The number of carbonyl (C=O) groups is 1. The average molecular weight is 361 g/mol. The van der Waals surface area contributed by atoms with Crippen molar-refractivity contribution >= 4 is 17.0 Å². The molecule has 4 aliphatic carbocycles. The van der Waals surface area contributed by atoms with Crippen LogP contribution in [-0.2, 0) is 4.79 Å². The maximum atomic E-state index is 12.0. The minimum Gasteiger partial charge on any atom is -0.397 e. The molecule has 0 aliphatic heterocycles. The minimum atomic E-state index is 0.0959. The lowest BCUT2D eigenvalue weighted by atomic mass is 9.48. The second-order valence-electron chi connectivity index (χ2n) is 9.39. The lowest BCUT2D eigenvalue weighted by molar-refractivity contribution is -0.116. The van der Waals surface area contributed by atoms with E-state index in [1.807, 2.05) is 12.3 Å². The van der Waals surface area contributed by atoms with Gasteiger partial charge in [0, 0.05) is 24.2 Å². The highest BCUT2D eigenvalue weighted by atomic mass is 16.1. The first-order chi connectivity index (χ1) is 12.9. The van der Waals surface area contributed by atoms with Crippen molar-refractivity contribution in [3.05, 3.63) is 53.4 Å². The van der Waals surface area contributed by atoms with E-state index in [-0.39, 0.29) is 10.8 Å². The molecule has 140 valence electrons. The fourth-order valence-electron chi connectivity index (χ4n) is 6.58. The molecule has 0 amide bonds. The number of aromatic nitrogens is 1. The van der Waals surface area contributed by atoms with Crippen LogP contribution in [0.4, 0.5) is 5.69 Å². The number of rotatable bonds is 1. The Labute approximate surface area is 161 Å². The fraction of sp³-hybridized carbons (Fsp3) is 0.500. The van der Waals surface area contributed by atoms with Crippen molar-refractivity contribution in [2.75, 3.05) is 5.73 Å². The largest absolute Gasteiger partial charge is 0.397 e. The van der Waals surface area contributed by atoms with Gasteiger partial charge in [-0.25, -0.2) is 0 Å². The van der Waals surface area contributed by atoms with Crippen molar-refractivity contribution in [2.24, 2.45) is 22.7 Å². The summed E-state index contributed by atoms with van der Waals surface area (Å²) in [5.41, 5.74) is 12.6. The monoisotopic (exact) mass is 360 g/mol. The second kappa shape index (κ2) is 5.67. The van der Waals surface area contributed by atoms with Gasteiger partial charge in [-0.15, -0.1) is 0 Å². The Balaban J connectivity index is 1.50. The Kier molecular flexibility index (Phi) is 3.56. The van der Waals surface area contributed by atoms with Crippen molar-refractivity contribution < 1.29 is 4.79 Å². The van der Waals surface area contributed by atoms with Crippen LogP contribution in [0.5, 0.6) is 0 Å². The van der Waals surface area contributed by atoms with E-state index in [4.69, 9.17) is 5.73 Å². The summed E-state index contributed by atoms with van der Waals surface area (Å²) in [6, 6.07) is 2.06. The van der Waals surface area contributed by atoms with Gasteiger partial charge >= 0.3 is 0 Å². The molecule has 2 N–H and O–H groups in total. The van der Waals surface area contributed by atoms with E-state index >= 15 is 0 Å². The van der Waals surface area contributed by atoms with Gasteiger partial charge in [0.2, 0.25) is 0 Å². The zero-order valence-electron chi connectivity index (χ0n) is 16.3. The Bertz CT molecular complexity index is 924. The third kappa shape index (κ3) is 2.33. The van der Waals surface area contributed by atoms with Crippen molar-refractivity contribution in [3.63, 3.8) is 0 Å². The molecule has 2 fully saturated rings. The molecule has 4 unspecified atom stereocenters. The molecule has 0 spiro atoms. The van der Waals surface area contributed by atoms with Crippen LogP contribution in [0.25, 0.3) is 5.57 Å². The number of hydrogen-bond donors (Lipinski definition) is 1. The Morgan fingerprint density at radius 1 is 1.11 bits per heavy atom. The van der Waals surface area contributed by atoms with Gasteiger partial charge in [-0.3, -0.25) is 9.78 Å². The molecule has 2 saturated carbocycles. The number of allylic oxidation sites excluding steroid dienone is 6. The van der Waals surface area contributed by atoms with Crippen molar-refractivity contribution in [2.45, 2.75) is 52.4 Å². The number of ketones is 1. The number of pyridine rings is 1. The molecule has 1 aromatic rings. The normalized spacial score (nSPS) is 37.6. The fourth-order valence-corrected chi connectivity index (χ4v) is 6.58. The standard InChI is InChI=1S/C24H28N2O/c1-23-9-7-18(27)12-16(23)3-4-19-21-6-5-20(15-11-17(25)14-26-13-15)24(21,2)10-8-22(19)23/h5-6,11-14,19,22H,3-4,7-10,25H2,1-2H3. The summed E-state index contributed by atoms with van der Waals surface area (Å²) in [6.45, 7) is 4.84.